The van der Waals surface area contributed by atoms with E-state index in [2.05, 4.69) is 18.7 Å². The highest BCUT2D eigenvalue weighted by atomic mass is 16.5. The second kappa shape index (κ2) is 10.4. The van der Waals surface area contributed by atoms with Gasteiger partial charge in [0.25, 0.3) is 0 Å². The molecule has 5 heteroatoms. The molecular formula is C20H31NO4. The van der Waals surface area contributed by atoms with E-state index >= 15 is 0 Å². The van der Waals surface area contributed by atoms with Crippen LogP contribution in [0.3, 0.4) is 0 Å². The van der Waals surface area contributed by atoms with Crippen LogP contribution < -0.4 is 9.47 Å². The molecule has 0 aliphatic carbocycles. The van der Waals surface area contributed by atoms with E-state index in [1.54, 1.807) is 7.11 Å². The summed E-state index contributed by atoms with van der Waals surface area (Å²) in [5.74, 6) is 1.49. The van der Waals surface area contributed by atoms with Gasteiger partial charge in [-0.15, -0.1) is 0 Å². The number of ether oxygens (including phenoxy) is 4. The predicted molar refractivity (Wildman–Crippen MR) is 100 cm³/mol. The fraction of sp³-hybridized carbons (Fsp3) is 0.600. The van der Waals surface area contributed by atoms with Crippen molar-refractivity contribution in [2.24, 2.45) is 0 Å². The van der Waals surface area contributed by atoms with E-state index in [1.807, 2.05) is 37.3 Å². The van der Waals surface area contributed by atoms with Crippen molar-refractivity contribution in [3.8, 4) is 11.5 Å². The molecule has 25 heavy (non-hydrogen) atoms. The van der Waals surface area contributed by atoms with Crippen molar-refractivity contribution in [1.29, 1.82) is 0 Å². The number of nitrogens with zero attached hydrogens (tertiary/aromatic N) is 1. The number of methoxy groups -OCH3 is 1. The van der Waals surface area contributed by atoms with Crippen LogP contribution in [0.1, 0.15) is 26.3 Å². The Hall–Kier alpha value is -1.56. The van der Waals surface area contributed by atoms with Crippen molar-refractivity contribution >= 4 is 6.08 Å². The van der Waals surface area contributed by atoms with Crippen molar-refractivity contribution in [3.05, 3.63) is 29.8 Å². The summed E-state index contributed by atoms with van der Waals surface area (Å²) in [6.45, 7) is 10.9. The van der Waals surface area contributed by atoms with Gasteiger partial charge in [-0.2, -0.15) is 0 Å². The fourth-order valence-corrected chi connectivity index (χ4v) is 3.07. The lowest BCUT2D eigenvalue weighted by Gasteiger charge is -2.35. The molecule has 0 spiro atoms. The van der Waals surface area contributed by atoms with E-state index in [1.165, 1.54) is 0 Å². The summed E-state index contributed by atoms with van der Waals surface area (Å²) in [5.41, 5.74) is 1.09. The predicted octanol–water partition coefficient (Wildman–Crippen LogP) is 3.23. The fourth-order valence-electron chi connectivity index (χ4n) is 3.07. The van der Waals surface area contributed by atoms with Crippen LogP contribution in [-0.2, 0) is 9.47 Å². The minimum absolute atomic E-state index is 0.296. The maximum absolute atomic E-state index is 5.78. The van der Waals surface area contributed by atoms with Gasteiger partial charge in [-0.25, -0.2) is 0 Å². The van der Waals surface area contributed by atoms with E-state index in [9.17, 15) is 0 Å². The molecule has 1 heterocycles. The molecule has 0 radical (unpaired) electrons. The average Bonchev–Trinajstić information content (AvgIpc) is 2.58. The Labute approximate surface area is 151 Å². The summed E-state index contributed by atoms with van der Waals surface area (Å²) in [6.07, 6.45) is 4.62. The smallest absolute Gasteiger partial charge is 0.161 e. The van der Waals surface area contributed by atoms with Gasteiger partial charge in [0.2, 0.25) is 0 Å². The molecular weight excluding hydrogens is 318 g/mol. The molecule has 0 amide bonds. The van der Waals surface area contributed by atoms with E-state index in [-0.39, 0.29) is 0 Å². The first kappa shape index (κ1) is 19.8. The van der Waals surface area contributed by atoms with Crippen molar-refractivity contribution in [1.82, 2.24) is 4.90 Å². The van der Waals surface area contributed by atoms with Crippen LogP contribution in [-0.4, -0.2) is 63.7 Å². The highest BCUT2D eigenvalue weighted by molar-refractivity contribution is 5.55. The van der Waals surface area contributed by atoms with Crippen molar-refractivity contribution in [2.45, 2.75) is 33.0 Å². The zero-order valence-electron chi connectivity index (χ0n) is 15.9. The van der Waals surface area contributed by atoms with Gasteiger partial charge >= 0.3 is 0 Å². The Morgan fingerprint density at radius 2 is 1.88 bits per heavy atom. The molecule has 1 saturated heterocycles. The van der Waals surface area contributed by atoms with E-state index < -0.39 is 0 Å². The van der Waals surface area contributed by atoms with Gasteiger partial charge in [0.15, 0.2) is 11.5 Å². The Morgan fingerprint density at radius 3 is 2.56 bits per heavy atom. The van der Waals surface area contributed by atoms with Gasteiger partial charge in [0.1, 0.15) is 6.61 Å². The molecule has 140 valence electrons. The molecule has 0 unspecified atom stereocenters. The van der Waals surface area contributed by atoms with Crippen LogP contribution in [0.5, 0.6) is 11.5 Å². The van der Waals surface area contributed by atoms with E-state index in [0.29, 0.717) is 32.0 Å². The van der Waals surface area contributed by atoms with E-state index in [4.69, 9.17) is 18.9 Å². The van der Waals surface area contributed by atoms with Crippen LogP contribution in [0.4, 0.5) is 0 Å². The number of benzene rings is 1. The Bertz CT molecular complexity index is 536. The molecule has 2 rings (SSSR count). The average molecular weight is 349 g/mol. The van der Waals surface area contributed by atoms with Crippen LogP contribution in [0.15, 0.2) is 24.3 Å². The first-order valence-electron chi connectivity index (χ1n) is 9.01. The monoisotopic (exact) mass is 349 g/mol. The molecule has 1 aliphatic rings. The van der Waals surface area contributed by atoms with Gasteiger partial charge in [0, 0.05) is 19.6 Å². The van der Waals surface area contributed by atoms with Crippen LogP contribution >= 0.6 is 0 Å². The van der Waals surface area contributed by atoms with Crippen LogP contribution in [0.25, 0.3) is 6.08 Å². The normalized spacial score (nSPS) is 21.6. The molecule has 0 aromatic heterocycles. The first-order chi connectivity index (χ1) is 12.1. The summed E-state index contributed by atoms with van der Waals surface area (Å²) in [7, 11) is 1.66. The molecule has 2 atom stereocenters. The Kier molecular flexibility index (Phi) is 8.25. The lowest BCUT2D eigenvalue weighted by Crippen LogP contribution is -2.46. The summed E-state index contributed by atoms with van der Waals surface area (Å²) in [6, 6.07) is 5.92. The highest BCUT2D eigenvalue weighted by Crippen LogP contribution is 2.28. The maximum atomic E-state index is 5.78. The highest BCUT2D eigenvalue weighted by Gasteiger charge is 2.21. The van der Waals surface area contributed by atoms with Crippen molar-refractivity contribution < 1.29 is 18.9 Å². The first-order valence-corrected chi connectivity index (χ1v) is 9.01. The molecule has 0 bridgehead atoms. The number of hydrogen-bond acceptors (Lipinski definition) is 5. The lowest BCUT2D eigenvalue weighted by atomic mass is 10.2. The van der Waals surface area contributed by atoms with Crippen molar-refractivity contribution in [2.75, 3.05) is 46.6 Å². The number of morpholine rings is 1. The summed E-state index contributed by atoms with van der Waals surface area (Å²) in [5, 5.41) is 0. The van der Waals surface area contributed by atoms with Gasteiger partial charge in [-0.3, -0.25) is 4.90 Å². The molecule has 1 fully saturated rings. The molecule has 1 aromatic rings. The molecule has 0 saturated carbocycles. The molecule has 0 N–H and O–H groups in total. The SMILES string of the molecule is C/C=C/c1ccc(OCCOCCN2C[C@@H](C)O[C@@H](C)C2)c(OC)c1. The van der Waals surface area contributed by atoms with Gasteiger partial charge in [0.05, 0.1) is 32.5 Å². The molecule has 5 nitrogen and oxygen atoms in total. The Morgan fingerprint density at radius 1 is 1.12 bits per heavy atom. The van der Waals surface area contributed by atoms with Crippen LogP contribution in [0, 0.1) is 0 Å². The summed E-state index contributed by atoms with van der Waals surface area (Å²) < 4.78 is 22.6. The minimum Gasteiger partial charge on any atom is -0.493 e. The van der Waals surface area contributed by atoms with Gasteiger partial charge < -0.3 is 18.9 Å². The van der Waals surface area contributed by atoms with Crippen molar-refractivity contribution in [3.63, 3.8) is 0 Å². The van der Waals surface area contributed by atoms with Crippen LogP contribution in [0.2, 0.25) is 0 Å². The quantitative estimate of drug-likeness (QED) is 0.640. The third-order valence-electron chi connectivity index (χ3n) is 4.08. The van der Waals surface area contributed by atoms with Gasteiger partial charge in [-0.05, 0) is 38.5 Å². The second-order valence-electron chi connectivity index (χ2n) is 6.39. The number of rotatable bonds is 9. The third kappa shape index (κ3) is 6.69. The summed E-state index contributed by atoms with van der Waals surface area (Å²) >= 11 is 0. The summed E-state index contributed by atoms with van der Waals surface area (Å²) in [4.78, 5) is 2.39. The second-order valence-corrected chi connectivity index (χ2v) is 6.39. The molecule has 1 aliphatic heterocycles. The zero-order valence-corrected chi connectivity index (χ0v) is 15.9. The minimum atomic E-state index is 0.296. The zero-order chi connectivity index (χ0) is 18.1. The molecule has 1 aromatic carbocycles. The lowest BCUT2D eigenvalue weighted by molar-refractivity contribution is -0.0734. The Balaban J connectivity index is 1.66. The van der Waals surface area contributed by atoms with Gasteiger partial charge in [-0.1, -0.05) is 18.2 Å². The van der Waals surface area contributed by atoms with E-state index in [0.717, 1.165) is 36.7 Å². The third-order valence-corrected chi connectivity index (χ3v) is 4.08. The largest absolute Gasteiger partial charge is 0.493 e. The topological polar surface area (TPSA) is 40.2 Å². The standard InChI is InChI=1S/C20H31NO4/c1-5-6-18-7-8-19(20(13-18)22-4)24-12-11-23-10-9-21-14-16(2)25-17(3)15-21/h5-8,13,16-17H,9-12,14-15H2,1-4H3/b6-5+/t16-,17+. The number of allylic oxidation sites excluding steroid dienone is 1. The maximum Gasteiger partial charge on any atom is 0.161 e. The number of hydrogen-bond donors (Lipinski definition) is 0.